The van der Waals surface area contributed by atoms with Crippen LogP contribution >= 0.6 is 15.9 Å². The Kier molecular flexibility index (Phi) is 5.49. The minimum atomic E-state index is -3.53. The SMILES string of the molecule is C[C@@H]1Cc2nn3c(c2CN1C(=O)Nc1ccnc(Br)c1F)C(F)(F)CC(O)(CF)CC3. The van der Waals surface area contributed by atoms with E-state index in [1.54, 1.807) is 6.92 Å². The van der Waals surface area contributed by atoms with E-state index in [2.05, 4.69) is 31.3 Å². The third-order valence-electron chi connectivity index (χ3n) is 5.77. The number of aliphatic hydroxyl groups is 1. The zero-order valence-electron chi connectivity index (χ0n) is 16.5. The average molecular weight is 506 g/mol. The molecule has 31 heavy (non-hydrogen) atoms. The van der Waals surface area contributed by atoms with Crippen LogP contribution in [0.5, 0.6) is 0 Å². The second kappa shape index (κ2) is 7.73. The Labute approximate surface area is 183 Å². The predicted molar refractivity (Wildman–Crippen MR) is 106 cm³/mol. The maximum Gasteiger partial charge on any atom is 0.322 e. The number of rotatable bonds is 2. The van der Waals surface area contributed by atoms with Gasteiger partial charge in [0, 0.05) is 37.2 Å². The molecule has 2 aromatic rings. The van der Waals surface area contributed by atoms with Gasteiger partial charge in [-0.3, -0.25) is 4.68 Å². The Bertz CT molecular complexity index is 1030. The standard InChI is InChI=1S/C19H20BrF4N5O2/c1-10-6-13-11(7-28(10)17(30)26-12-2-4-25-16(20)14(12)22)15-19(23,24)8-18(31,9-21)3-5-29(15)27-13/h2,4,10,31H,3,5-9H2,1H3,(H,25,26,30)/t10-,18?/m1/s1. The molecule has 0 spiro atoms. The zero-order valence-corrected chi connectivity index (χ0v) is 18.1. The summed E-state index contributed by atoms with van der Waals surface area (Å²) >= 11 is 2.94. The van der Waals surface area contributed by atoms with Crippen LogP contribution in [-0.2, 0) is 25.4 Å². The van der Waals surface area contributed by atoms with E-state index in [4.69, 9.17) is 0 Å². The van der Waals surface area contributed by atoms with Crippen molar-refractivity contribution < 1.29 is 27.5 Å². The third kappa shape index (κ3) is 3.91. The van der Waals surface area contributed by atoms with Crippen molar-refractivity contribution in [1.82, 2.24) is 19.7 Å². The number of halogens is 5. The van der Waals surface area contributed by atoms with E-state index in [0.717, 1.165) is 4.68 Å². The monoisotopic (exact) mass is 505 g/mol. The summed E-state index contributed by atoms with van der Waals surface area (Å²) in [6.45, 7) is 0.227. The molecule has 4 heterocycles. The van der Waals surface area contributed by atoms with Crippen LogP contribution in [0.15, 0.2) is 16.9 Å². The van der Waals surface area contributed by atoms with Gasteiger partial charge in [0.1, 0.15) is 22.6 Å². The Balaban J connectivity index is 1.64. The number of aromatic nitrogens is 3. The first-order valence-electron chi connectivity index (χ1n) is 9.67. The van der Waals surface area contributed by atoms with Gasteiger partial charge in [0.25, 0.3) is 5.92 Å². The molecule has 2 amide bonds. The molecule has 7 nitrogen and oxygen atoms in total. The van der Waals surface area contributed by atoms with E-state index in [9.17, 15) is 18.7 Å². The Hall–Kier alpha value is -2.21. The maximum atomic E-state index is 15.1. The fraction of sp³-hybridized carbons (Fsp3) is 0.526. The number of carbonyl (C=O) groups excluding carboxylic acids is 1. The van der Waals surface area contributed by atoms with Crippen molar-refractivity contribution in [3.05, 3.63) is 39.6 Å². The van der Waals surface area contributed by atoms with Crippen molar-refractivity contribution >= 4 is 27.6 Å². The number of nitrogens with zero attached hydrogens (tertiary/aromatic N) is 4. The fourth-order valence-corrected chi connectivity index (χ4v) is 4.49. The van der Waals surface area contributed by atoms with Crippen molar-refractivity contribution in [2.75, 3.05) is 12.0 Å². The summed E-state index contributed by atoms with van der Waals surface area (Å²) in [7, 11) is 0. The molecule has 2 atom stereocenters. The van der Waals surface area contributed by atoms with Crippen LogP contribution in [0.1, 0.15) is 36.7 Å². The van der Waals surface area contributed by atoms with Gasteiger partial charge < -0.3 is 15.3 Å². The highest BCUT2D eigenvalue weighted by molar-refractivity contribution is 9.10. The van der Waals surface area contributed by atoms with E-state index in [1.807, 2.05) is 0 Å². The lowest BCUT2D eigenvalue weighted by Crippen LogP contribution is -2.45. The molecule has 0 fully saturated rings. The fourth-order valence-electron chi connectivity index (χ4n) is 4.15. The van der Waals surface area contributed by atoms with Gasteiger partial charge in [0.15, 0.2) is 5.82 Å². The molecule has 0 saturated heterocycles. The Morgan fingerprint density at radius 1 is 1.45 bits per heavy atom. The van der Waals surface area contributed by atoms with Crippen LogP contribution in [0.2, 0.25) is 0 Å². The number of carbonyl (C=O) groups is 1. The number of fused-ring (bicyclic) bond motifs is 3. The summed E-state index contributed by atoms with van der Waals surface area (Å²) in [5.41, 5.74) is -2.03. The van der Waals surface area contributed by atoms with Crippen molar-refractivity contribution in [1.29, 1.82) is 0 Å². The summed E-state index contributed by atoms with van der Waals surface area (Å²) in [6, 6.07) is 0.249. The normalized spacial score (nSPS) is 24.9. The number of hydrogen-bond acceptors (Lipinski definition) is 4. The van der Waals surface area contributed by atoms with E-state index in [1.165, 1.54) is 17.2 Å². The quantitative estimate of drug-likeness (QED) is 0.481. The molecule has 2 aliphatic heterocycles. The van der Waals surface area contributed by atoms with Gasteiger partial charge >= 0.3 is 6.03 Å². The number of hydrogen-bond donors (Lipinski definition) is 2. The first-order chi connectivity index (χ1) is 14.5. The van der Waals surface area contributed by atoms with Gasteiger partial charge in [-0.2, -0.15) is 13.9 Å². The lowest BCUT2D eigenvalue weighted by atomic mass is 9.91. The van der Waals surface area contributed by atoms with Crippen molar-refractivity contribution in [3.8, 4) is 0 Å². The second-order valence-corrected chi connectivity index (χ2v) is 8.81. The highest BCUT2D eigenvalue weighted by Gasteiger charge is 2.50. The molecule has 4 rings (SSSR count). The van der Waals surface area contributed by atoms with Crippen LogP contribution in [0.25, 0.3) is 0 Å². The molecule has 0 saturated carbocycles. The zero-order chi connectivity index (χ0) is 22.6. The minimum absolute atomic E-state index is 0.0603. The molecule has 2 aliphatic rings. The van der Waals surface area contributed by atoms with Gasteiger partial charge in [-0.15, -0.1) is 0 Å². The van der Waals surface area contributed by atoms with Gasteiger partial charge in [0.05, 0.1) is 17.9 Å². The van der Waals surface area contributed by atoms with Crippen LogP contribution < -0.4 is 5.32 Å². The van der Waals surface area contributed by atoms with Crippen molar-refractivity contribution in [3.63, 3.8) is 0 Å². The van der Waals surface area contributed by atoms with E-state index >= 15 is 8.78 Å². The number of anilines is 1. The summed E-state index contributed by atoms with van der Waals surface area (Å²) in [5.74, 6) is -4.28. The number of nitrogens with one attached hydrogen (secondary N) is 1. The number of urea groups is 1. The molecule has 2 aromatic heterocycles. The van der Waals surface area contributed by atoms with Crippen LogP contribution in [0.4, 0.5) is 28.0 Å². The van der Waals surface area contributed by atoms with Gasteiger partial charge in [-0.05, 0) is 35.3 Å². The smallest absolute Gasteiger partial charge is 0.322 e. The maximum absolute atomic E-state index is 15.1. The topological polar surface area (TPSA) is 83.3 Å². The molecular weight excluding hydrogens is 486 g/mol. The van der Waals surface area contributed by atoms with E-state index in [-0.39, 0.29) is 47.8 Å². The van der Waals surface area contributed by atoms with Gasteiger partial charge in [0.2, 0.25) is 0 Å². The van der Waals surface area contributed by atoms with Crippen molar-refractivity contribution in [2.24, 2.45) is 0 Å². The van der Waals surface area contributed by atoms with Crippen LogP contribution in [-0.4, -0.2) is 49.1 Å². The van der Waals surface area contributed by atoms with E-state index < -0.39 is 42.2 Å². The highest BCUT2D eigenvalue weighted by Crippen LogP contribution is 2.44. The average Bonchev–Trinajstić information content (AvgIpc) is 3.02. The second-order valence-electron chi connectivity index (χ2n) is 8.06. The molecule has 1 unspecified atom stereocenters. The third-order valence-corrected chi connectivity index (χ3v) is 6.32. The highest BCUT2D eigenvalue weighted by atomic mass is 79.9. The molecule has 168 valence electrons. The van der Waals surface area contributed by atoms with Gasteiger partial charge in [-0.25, -0.2) is 18.6 Å². The number of amides is 2. The number of aryl methyl sites for hydroxylation is 1. The molecule has 2 N–H and O–H groups in total. The molecule has 0 radical (unpaired) electrons. The molecule has 0 aromatic carbocycles. The van der Waals surface area contributed by atoms with Gasteiger partial charge in [-0.1, -0.05) is 0 Å². The van der Waals surface area contributed by atoms with Crippen LogP contribution in [0.3, 0.4) is 0 Å². The molecule has 12 heteroatoms. The molecule has 0 bridgehead atoms. The number of alkyl halides is 3. The number of pyridine rings is 1. The first-order valence-corrected chi connectivity index (χ1v) is 10.5. The summed E-state index contributed by atoms with van der Waals surface area (Å²) < 4.78 is 58.6. The minimum Gasteiger partial charge on any atom is -0.387 e. The van der Waals surface area contributed by atoms with Crippen molar-refractivity contribution in [2.45, 2.75) is 56.8 Å². The van der Waals surface area contributed by atoms with E-state index in [0.29, 0.717) is 5.69 Å². The largest absolute Gasteiger partial charge is 0.387 e. The predicted octanol–water partition coefficient (Wildman–Crippen LogP) is 3.74. The lowest BCUT2D eigenvalue weighted by molar-refractivity contribution is -0.102. The Morgan fingerprint density at radius 3 is 2.90 bits per heavy atom. The summed E-state index contributed by atoms with van der Waals surface area (Å²) in [4.78, 5) is 17.9. The first kappa shape index (κ1) is 22.0. The van der Waals surface area contributed by atoms with Crippen LogP contribution in [0, 0.1) is 5.82 Å². The summed E-state index contributed by atoms with van der Waals surface area (Å²) in [5, 5.41) is 16.9. The Morgan fingerprint density at radius 2 is 2.19 bits per heavy atom. The molecule has 0 aliphatic carbocycles. The summed E-state index contributed by atoms with van der Waals surface area (Å²) in [6.07, 6.45) is 0.286. The molecular formula is C19H20BrF4N5O2. The lowest BCUT2D eigenvalue weighted by Gasteiger charge is -2.34.